The van der Waals surface area contributed by atoms with E-state index in [9.17, 15) is 29.1 Å². The summed E-state index contributed by atoms with van der Waals surface area (Å²) in [5.74, 6) is -4.86. The van der Waals surface area contributed by atoms with Crippen molar-refractivity contribution in [3.8, 4) is 0 Å². The highest BCUT2D eigenvalue weighted by molar-refractivity contribution is 5.93. The Morgan fingerprint density at radius 3 is 2.13 bits per heavy atom. The van der Waals surface area contributed by atoms with Crippen molar-refractivity contribution in [2.24, 2.45) is 11.5 Å². The van der Waals surface area contributed by atoms with Gasteiger partial charge in [-0.3, -0.25) is 19.2 Å². The van der Waals surface area contributed by atoms with Crippen LogP contribution in [-0.2, 0) is 30.4 Å². The van der Waals surface area contributed by atoms with Crippen LogP contribution < -0.4 is 27.4 Å². The minimum Gasteiger partial charge on any atom is -0.480 e. The zero-order chi connectivity index (χ0) is 22.7. The number of primary amides is 1. The first kappa shape index (κ1) is 24.5. The molecule has 0 radical (unpaired) electrons. The van der Waals surface area contributed by atoms with Gasteiger partial charge in [0.05, 0.1) is 25.6 Å². The number of amides is 4. The van der Waals surface area contributed by atoms with Crippen molar-refractivity contribution in [2.75, 3.05) is 13.2 Å². The van der Waals surface area contributed by atoms with E-state index in [4.69, 9.17) is 16.6 Å². The minimum absolute atomic E-state index is 0.214. The van der Waals surface area contributed by atoms with Crippen molar-refractivity contribution in [2.45, 2.75) is 31.0 Å². The molecule has 1 aromatic rings. The molecule has 1 aromatic carbocycles. The summed E-state index contributed by atoms with van der Waals surface area (Å²) in [5.41, 5.74) is 11.5. The maximum Gasteiger partial charge on any atom is 0.326 e. The molecule has 0 aliphatic carbocycles. The maximum absolute atomic E-state index is 12.2. The van der Waals surface area contributed by atoms with Crippen LogP contribution in [0.2, 0.25) is 0 Å². The Hall–Kier alpha value is -3.51. The number of nitrogens with one attached hydrogen (secondary N) is 3. The van der Waals surface area contributed by atoms with Gasteiger partial charge in [0.2, 0.25) is 23.6 Å². The van der Waals surface area contributed by atoms with Gasteiger partial charge in [-0.1, -0.05) is 30.3 Å². The number of aliphatic hydroxyl groups is 1. The Morgan fingerprint density at radius 2 is 1.60 bits per heavy atom. The molecule has 0 saturated heterocycles. The SMILES string of the molecule is NC(=O)CC(NC(=O)CNC(=O)C(CO)NC(=O)C(N)Cc1ccccc1)C(=O)O. The van der Waals surface area contributed by atoms with E-state index in [-0.39, 0.29) is 6.42 Å². The molecular formula is C18H25N5O7. The van der Waals surface area contributed by atoms with Crippen LogP contribution in [0.25, 0.3) is 0 Å². The summed E-state index contributed by atoms with van der Waals surface area (Å²) in [5, 5.41) is 24.7. The smallest absolute Gasteiger partial charge is 0.326 e. The zero-order valence-corrected chi connectivity index (χ0v) is 16.0. The van der Waals surface area contributed by atoms with Gasteiger partial charge >= 0.3 is 5.97 Å². The monoisotopic (exact) mass is 423 g/mol. The van der Waals surface area contributed by atoms with E-state index in [1.165, 1.54) is 0 Å². The topological polar surface area (TPSA) is 214 Å². The number of nitrogens with two attached hydrogens (primary N) is 2. The van der Waals surface area contributed by atoms with Gasteiger partial charge in [-0.05, 0) is 12.0 Å². The molecule has 164 valence electrons. The van der Waals surface area contributed by atoms with Gasteiger partial charge in [0.25, 0.3) is 0 Å². The number of rotatable bonds is 12. The van der Waals surface area contributed by atoms with E-state index in [1.54, 1.807) is 24.3 Å². The quantitative estimate of drug-likeness (QED) is 0.179. The van der Waals surface area contributed by atoms with Crippen LogP contribution in [0.15, 0.2) is 30.3 Å². The number of carboxylic acid groups (broad SMARTS) is 1. The first-order chi connectivity index (χ1) is 14.1. The number of carbonyl (C=O) groups is 5. The van der Waals surface area contributed by atoms with Gasteiger partial charge in [-0.15, -0.1) is 0 Å². The van der Waals surface area contributed by atoms with Crippen molar-refractivity contribution in [3.63, 3.8) is 0 Å². The summed E-state index contributed by atoms with van der Waals surface area (Å²) in [6.07, 6.45) is -0.408. The van der Waals surface area contributed by atoms with E-state index in [2.05, 4.69) is 10.6 Å². The largest absolute Gasteiger partial charge is 0.480 e. The van der Waals surface area contributed by atoms with Crippen molar-refractivity contribution in [1.82, 2.24) is 16.0 Å². The van der Waals surface area contributed by atoms with Crippen molar-refractivity contribution < 1.29 is 34.2 Å². The number of aliphatic carboxylic acids is 1. The number of carbonyl (C=O) groups excluding carboxylic acids is 4. The van der Waals surface area contributed by atoms with Gasteiger partial charge < -0.3 is 37.6 Å². The predicted molar refractivity (Wildman–Crippen MR) is 104 cm³/mol. The number of carboxylic acids is 1. The third-order valence-electron chi connectivity index (χ3n) is 3.91. The van der Waals surface area contributed by atoms with Crippen LogP contribution in [0.1, 0.15) is 12.0 Å². The number of aliphatic hydroxyl groups excluding tert-OH is 1. The molecule has 4 amide bonds. The molecule has 30 heavy (non-hydrogen) atoms. The third-order valence-corrected chi connectivity index (χ3v) is 3.91. The first-order valence-electron chi connectivity index (χ1n) is 8.93. The van der Waals surface area contributed by atoms with E-state index >= 15 is 0 Å². The Labute approximate surface area is 172 Å². The summed E-state index contributed by atoms with van der Waals surface area (Å²) in [6, 6.07) is 5.06. The second-order valence-corrected chi connectivity index (χ2v) is 6.39. The fourth-order valence-electron chi connectivity index (χ4n) is 2.37. The normalized spacial score (nSPS) is 13.4. The van der Waals surface area contributed by atoms with Gasteiger partial charge in [0, 0.05) is 0 Å². The number of benzene rings is 1. The zero-order valence-electron chi connectivity index (χ0n) is 16.0. The molecule has 0 aromatic heterocycles. The first-order valence-corrected chi connectivity index (χ1v) is 8.93. The fourth-order valence-corrected chi connectivity index (χ4v) is 2.37. The van der Waals surface area contributed by atoms with Crippen LogP contribution in [-0.4, -0.2) is 71.1 Å². The van der Waals surface area contributed by atoms with E-state index < -0.39 is 67.3 Å². The lowest BCUT2D eigenvalue weighted by atomic mass is 10.1. The molecule has 3 unspecified atom stereocenters. The standard InChI is InChI=1S/C18H25N5O7/c19-11(6-10-4-2-1-3-5-10)16(27)23-13(9-24)17(28)21-8-15(26)22-12(18(29)30)7-14(20)25/h1-5,11-13,24H,6-9,19H2,(H2,20,25)(H,21,28)(H,22,26)(H,23,27)(H,29,30). The molecule has 3 atom stereocenters. The van der Waals surface area contributed by atoms with Crippen molar-refractivity contribution in [3.05, 3.63) is 35.9 Å². The average molecular weight is 423 g/mol. The molecule has 0 bridgehead atoms. The minimum atomic E-state index is -1.55. The highest BCUT2D eigenvalue weighted by Gasteiger charge is 2.25. The Bertz CT molecular complexity index is 771. The molecule has 0 saturated carbocycles. The van der Waals surface area contributed by atoms with Gasteiger partial charge in [0.1, 0.15) is 12.1 Å². The third kappa shape index (κ3) is 8.67. The molecular weight excluding hydrogens is 398 g/mol. The molecule has 12 heteroatoms. The highest BCUT2D eigenvalue weighted by Crippen LogP contribution is 2.02. The van der Waals surface area contributed by atoms with Crippen LogP contribution in [0, 0.1) is 0 Å². The summed E-state index contributed by atoms with van der Waals surface area (Å²) < 4.78 is 0. The Kier molecular flexibility index (Phi) is 9.92. The van der Waals surface area contributed by atoms with Gasteiger partial charge in [-0.2, -0.15) is 0 Å². The van der Waals surface area contributed by atoms with Gasteiger partial charge in [0.15, 0.2) is 0 Å². The Balaban J connectivity index is 2.53. The number of hydrogen-bond acceptors (Lipinski definition) is 7. The van der Waals surface area contributed by atoms with Crippen LogP contribution >= 0.6 is 0 Å². The lowest BCUT2D eigenvalue weighted by Crippen LogP contribution is -2.55. The summed E-state index contributed by atoms with van der Waals surface area (Å²) in [6.45, 7) is -1.40. The molecule has 0 spiro atoms. The van der Waals surface area contributed by atoms with Gasteiger partial charge in [-0.25, -0.2) is 4.79 Å². The molecule has 0 fully saturated rings. The molecule has 0 aliphatic rings. The fraction of sp³-hybridized carbons (Fsp3) is 0.389. The Morgan fingerprint density at radius 1 is 0.967 bits per heavy atom. The molecule has 0 aliphatic heterocycles. The van der Waals surface area contributed by atoms with E-state index in [0.29, 0.717) is 0 Å². The van der Waals surface area contributed by atoms with Crippen LogP contribution in [0.5, 0.6) is 0 Å². The molecule has 12 nitrogen and oxygen atoms in total. The van der Waals surface area contributed by atoms with Crippen LogP contribution in [0.3, 0.4) is 0 Å². The summed E-state index contributed by atoms with van der Waals surface area (Å²) in [7, 11) is 0. The predicted octanol–water partition coefficient (Wildman–Crippen LogP) is -3.41. The lowest BCUT2D eigenvalue weighted by Gasteiger charge is -2.19. The van der Waals surface area contributed by atoms with E-state index in [1.807, 2.05) is 11.4 Å². The van der Waals surface area contributed by atoms with Crippen molar-refractivity contribution in [1.29, 1.82) is 0 Å². The lowest BCUT2D eigenvalue weighted by molar-refractivity contribution is -0.143. The molecule has 1 rings (SSSR count). The summed E-state index contributed by atoms with van der Waals surface area (Å²) >= 11 is 0. The molecule has 9 N–H and O–H groups in total. The van der Waals surface area contributed by atoms with Crippen molar-refractivity contribution >= 4 is 29.6 Å². The van der Waals surface area contributed by atoms with E-state index in [0.717, 1.165) is 5.56 Å². The maximum atomic E-state index is 12.2. The average Bonchev–Trinajstić information content (AvgIpc) is 2.69. The van der Waals surface area contributed by atoms with Crippen LogP contribution in [0.4, 0.5) is 0 Å². The second-order valence-electron chi connectivity index (χ2n) is 6.39. The second kappa shape index (κ2) is 12.1. The molecule has 0 heterocycles. The number of hydrogen-bond donors (Lipinski definition) is 7. The highest BCUT2D eigenvalue weighted by atomic mass is 16.4. The summed E-state index contributed by atoms with van der Waals surface area (Å²) in [4.78, 5) is 57.8.